The second kappa shape index (κ2) is 6.02. The number of piperidine rings is 2. The number of nitrogens with one attached hydrogen (secondary N) is 2. The summed E-state index contributed by atoms with van der Waals surface area (Å²) < 4.78 is 0. The molecule has 3 aliphatic rings. The summed E-state index contributed by atoms with van der Waals surface area (Å²) >= 11 is 0. The molecule has 0 bridgehead atoms. The summed E-state index contributed by atoms with van der Waals surface area (Å²) in [5.74, 6) is -0.174. The lowest BCUT2D eigenvalue weighted by Gasteiger charge is -2.29. The first-order valence-electron chi connectivity index (χ1n) is 8.61. The Bertz CT molecular complexity index is 709. The van der Waals surface area contributed by atoms with Crippen LogP contribution in [-0.2, 0) is 16.1 Å². The van der Waals surface area contributed by atoms with Crippen LogP contribution in [0.5, 0.6) is 0 Å². The third kappa shape index (κ3) is 2.60. The molecular formula is C18H21N3O3. The van der Waals surface area contributed by atoms with Crippen LogP contribution in [0.2, 0.25) is 0 Å². The molecule has 1 aromatic rings. The number of benzene rings is 1. The van der Waals surface area contributed by atoms with E-state index in [2.05, 4.69) is 22.8 Å². The van der Waals surface area contributed by atoms with Gasteiger partial charge in [-0.2, -0.15) is 0 Å². The van der Waals surface area contributed by atoms with E-state index in [4.69, 9.17) is 0 Å². The number of hydrogen-bond donors (Lipinski definition) is 2. The fourth-order valence-electron chi connectivity index (χ4n) is 4.00. The number of rotatable bonds is 2. The Labute approximate surface area is 140 Å². The Morgan fingerprint density at radius 2 is 1.83 bits per heavy atom. The van der Waals surface area contributed by atoms with Crippen LogP contribution in [0.1, 0.15) is 53.1 Å². The van der Waals surface area contributed by atoms with Crippen molar-refractivity contribution in [3.63, 3.8) is 0 Å². The molecule has 0 aromatic heterocycles. The van der Waals surface area contributed by atoms with E-state index in [0.717, 1.165) is 31.5 Å². The molecule has 3 heterocycles. The van der Waals surface area contributed by atoms with Gasteiger partial charge in [0.15, 0.2) is 0 Å². The van der Waals surface area contributed by atoms with Crippen LogP contribution in [0.25, 0.3) is 0 Å². The highest BCUT2D eigenvalue weighted by atomic mass is 16.2. The number of imide groups is 1. The predicted molar refractivity (Wildman–Crippen MR) is 87.3 cm³/mol. The lowest BCUT2D eigenvalue weighted by atomic mass is 9.88. The van der Waals surface area contributed by atoms with Crippen LogP contribution in [0, 0.1) is 0 Å². The van der Waals surface area contributed by atoms with Crippen molar-refractivity contribution in [2.45, 2.75) is 44.2 Å². The van der Waals surface area contributed by atoms with Crippen LogP contribution in [0.15, 0.2) is 18.2 Å². The van der Waals surface area contributed by atoms with Crippen molar-refractivity contribution < 1.29 is 14.4 Å². The molecule has 126 valence electrons. The highest BCUT2D eigenvalue weighted by Crippen LogP contribution is 2.32. The molecule has 0 radical (unpaired) electrons. The second-order valence-corrected chi connectivity index (χ2v) is 6.84. The van der Waals surface area contributed by atoms with Gasteiger partial charge in [0.25, 0.3) is 5.91 Å². The number of carbonyl (C=O) groups is 3. The Kier molecular flexibility index (Phi) is 3.84. The molecule has 2 fully saturated rings. The van der Waals surface area contributed by atoms with Gasteiger partial charge in [-0.1, -0.05) is 12.1 Å². The summed E-state index contributed by atoms with van der Waals surface area (Å²) in [6.45, 7) is 2.52. The zero-order chi connectivity index (χ0) is 16.7. The van der Waals surface area contributed by atoms with Gasteiger partial charge >= 0.3 is 0 Å². The van der Waals surface area contributed by atoms with Gasteiger partial charge < -0.3 is 10.2 Å². The maximum Gasteiger partial charge on any atom is 0.255 e. The number of carbonyl (C=O) groups excluding carboxylic acids is 3. The SMILES string of the molecule is O=C1CC[C@H](N2Cc3cc(C4CCNCC4)ccc3C2=O)C(=O)N1. The van der Waals surface area contributed by atoms with E-state index in [9.17, 15) is 14.4 Å². The average Bonchev–Trinajstić information content (AvgIpc) is 2.92. The van der Waals surface area contributed by atoms with E-state index in [1.165, 1.54) is 5.56 Å². The number of amides is 3. The van der Waals surface area contributed by atoms with Crippen LogP contribution in [-0.4, -0.2) is 41.8 Å². The fourth-order valence-corrected chi connectivity index (χ4v) is 4.00. The van der Waals surface area contributed by atoms with Crippen molar-refractivity contribution in [1.82, 2.24) is 15.5 Å². The van der Waals surface area contributed by atoms with Gasteiger partial charge in [0.1, 0.15) is 6.04 Å². The molecule has 1 atom stereocenters. The van der Waals surface area contributed by atoms with Crippen molar-refractivity contribution in [2.24, 2.45) is 0 Å². The standard InChI is InChI=1S/C18H21N3O3/c22-16-4-3-15(17(23)20-16)21-10-13-9-12(1-2-14(13)18(21)24)11-5-7-19-8-6-11/h1-2,9,11,15,19H,3-8,10H2,(H,20,22,23)/t15-/m0/s1. The lowest BCUT2D eigenvalue weighted by Crippen LogP contribution is -2.52. The minimum Gasteiger partial charge on any atom is -0.322 e. The fraction of sp³-hybridized carbons (Fsp3) is 0.500. The summed E-state index contributed by atoms with van der Waals surface area (Å²) in [5, 5.41) is 5.71. The first-order valence-corrected chi connectivity index (χ1v) is 8.61. The molecular weight excluding hydrogens is 306 g/mol. The summed E-state index contributed by atoms with van der Waals surface area (Å²) in [6.07, 6.45) is 2.93. The molecule has 0 aliphatic carbocycles. The summed E-state index contributed by atoms with van der Waals surface area (Å²) in [4.78, 5) is 37.7. The maximum absolute atomic E-state index is 12.7. The second-order valence-electron chi connectivity index (χ2n) is 6.84. The van der Waals surface area contributed by atoms with Crippen molar-refractivity contribution in [3.05, 3.63) is 34.9 Å². The molecule has 0 saturated carbocycles. The largest absolute Gasteiger partial charge is 0.322 e. The van der Waals surface area contributed by atoms with Crippen LogP contribution in [0.4, 0.5) is 0 Å². The molecule has 0 spiro atoms. The molecule has 3 amide bonds. The summed E-state index contributed by atoms with van der Waals surface area (Å²) in [7, 11) is 0. The highest BCUT2D eigenvalue weighted by Gasteiger charge is 2.39. The third-order valence-electron chi connectivity index (χ3n) is 5.36. The Hall–Kier alpha value is -2.21. The highest BCUT2D eigenvalue weighted by molar-refractivity contribution is 6.05. The Morgan fingerprint density at radius 1 is 1.04 bits per heavy atom. The molecule has 1 aromatic carbocycles. The summed E-state index contributed by atoms with van der Waals surface area (Å²) in [6, 6.07) is 5.56. The van der Waals surface area contributed by atoms with E-state index in [0.29, 0.717) is 24.4 Å². The van der Waals surface area contributed by atoms with Crippen molar-refractivity contribution >= 4 is 17.7 Å². The zero-order valence-electron chi connectivity index (χ0n) is 13.5. The van der Waals surface area contributed by atoms with E-state index in [-0.39, 0.29) is 24.1 Å². The van der Waals surface area contributed by atoms with E-state index < -0.39 is 6.04 Å². The Morgan fingerprint density at radius 3 is 2.58 bits per heavy atom. The smallest absolute Gasteiger partial charge is 0.255 e. The van der Waals surface area contributed by atoms with E-state index >= 15 is 0 Å². The molecule has 6 heteroatoms. The predicted octanol–water partition coefficient (Wildman–Crippen LogP) is 0.915. The number of hydrogen-bond acceptors (Lipinski definition) is 4. The monoisotopic (exact) mass is 327 g/mol. The van der Waals surface area contributed by atoms with Gasteiger partial charge in [0, 0.05) is 18.5 Å². The van der Waals surface area contributed by atoms with Crippen molar-refractivity contribution in [1.29, 1.82) is 0 Å². The quantitative estimate of drug-likeness (QED) is 0.792. The summed E-state index contributed by atoms with van der Waals surface area (Å²) in [5.41, 5.74) is 2.98. The lowest BCUT2D eigenvalue weighted by molar-refractivity contribution is -0.136. The van der Waals surface area contributed by atoms with Gasteiger partial charge in [0.05, 0.1) is 0 Å². The normalized spacial score (nSPS) is 24.9. The first kappa shape index (κ1) is 15.3. The van der Waals surface area contributed by atoms with Crippen molar-refractivity contribution in [2.75, 3.05) is 13.1 Å². The minimum atomic E-state index is -0.537. The molecule has 0 unspecified atom stereocenters. The molecule has 3 aliphatic heterocycles. The third-order valence-corrected chi connectivity index (χ3v) is 5.36. The van der Waals surface area contributed by atoms with Crippen LogP contribution >= 0.6 is 0 Å². The molecule has 2 N–H and O–H groups in total. The average molecular weight is 327 g/mol. The first-order chi connectivity index (χ1) is 11.6. The van der Waals surface area contributed by atoms with E-state index in [1.54, 1.807) is 4.90 Å². The van der Waals surface area contributed by atoms with Gasteiger partial charge in [-0.3, -0.25) is 19.7 Å². The topological polar surface area (TPSA) is 78.5 Å². The number of fused-ring (bicyclic) bond motifs is 1. The van der Waals surface area contributed by atoms with Crippen LogP contribution in [0.3, 0.4) is 0 Å². The van der Waals surface area contributed by atoms with Gasteiger partial charge in [-0.25, -0.2) is 0 Å². The van der Waals surface area contributed by atoms with E-state index in [1.807, 2.05) is 6.07 Å². The van der Waals surface area contributed by atoms with Crippen molar-refractivity contribution in [3.8, 4) is 0 Å². The van der Waals surface area contributed by atoms with Gasteiger partial charge in [-0.15, -0.1) is 0 Å². The molecule has 24 heavy (non-hydrogen) atoms. The number of nitrogens with zero attached hydrogens (tertiary/aromatic N) is 1. The maximum atomic E-state index is 12.7. The minimum absolute atomic E-state index is 0.101. The Balaban J connectivity index is 1.55. The zero-order valence-corrected chi connectivity index (χ0v) is 13.5. The van der Waals surface area contributed by atoms with Gasteiger partial charge in [0.2, 0.25) is 11.8 Å². The molecule has 2 saturated heterocycles. The van der Waals surface area contributed by atoms with Crippen LogP contribution < -0.4 is 10.6 Å². The molecule has 4 rings (SSSR count). The molecule has 6 nitrogen and oxygen atoms in total. The van der Waals surface area contributed by atoms with Gasteiger partial charge in [-0.05, 0) is 55.5 Å².